The topological polar surface area (TPSA) is 86.8 Å². The normalized spacial score (nSPS) is 12.2. The van der Waals surface area contributed by atoms with Gasteiger partial charge in [-0.25, -0.2) is 8.42 Å². The summed E-state index contributed by atoms with van der Waals surface area (Å²) < 4.78 is 28.9. The first kappa shape index (κ1) is 32.7. The molecule has 3 aromatic rings. The third kappa shape index (κ3) is 8.38. The van der Waals surface area contributed by atoms with Crippen LogP contribution in [-0.2, 0) is 26.2 Å². The Balaban J connectivity index is 2.08. The van der Waals surface area contributed by atoms with Crippen LogP contribution in [0.5, 0.6) is 0 Å². The van der Waals surface area contributed by atoms with Gasteiger partial charge in [0.25, 0.3) is 10.0 Å². The van der Waals surface area contributed by atoms with Crippen molar-refractivity contribution >= 4 is 62.3 Å². The summed E-state index contributed by atoms with van der Waals surface area (Å²) in [7, 11) is -4.27. The molecule has 0 bridgehead atoms. The lowest BCUT2D eigenvalue weighted by molar-refractivity contribution is -0.140. The molecule has 1 N–H and O–H groups in total. The second-order valence-electron chi connectivity index (χ2n) is 10.1. The van der Waals surface area contributed by atoms with E-state index in [0.29, 0.717) is 18.0 Å². The fourth-order valence-electron chi connectivity index (χ4n) is 4.16. The van der Waals surface area contributed by atoms with E-state index in [2.05, 4.69) is 5.32 Å². The number of rotatable bonds is 12. The maximum Gasteiger partial charge on any atom is 0.264 e. The number of anilines is 1. The molecule has 0 saturated carbocycles. The van der Waals surface area contributed by atoms with E-state index < -0.39 is 28.5 Å². The smallest absolute Gasteiger partial charge is 0.264 e. The van der Waals surface area contributed by atoms with E-state index in [0.717, 1.165) is 15.4 Å². The lowest BCUT2D eigenvalue weighted by Crippen LogP contribution is -2.52. The maximum absolute atomic E-state index is 14.1. The molecule has 0 saturated heterocycles. The summed E-state index contributed by atoms with van der Waals surface area (Å²) >= 11 is 18.8. The van der Waals surface area contributed by atoms with Gasteiger partial charge in [-0.1, -0.05) is 91.5 Å². The molecular formula is C30H34Cl3N3O4S. The zero-order valence-electron chi connectivity index (χ0n) is 23.4. The number of carbonyl (C=O) groups excluding carboxylic acids is 2. The van der Waals surface area contributed by atoms with Crippen molar-refractivity contribution < 1.29 is 18.0 Å². The number of carbonyl (C=O) groups is 2. The lowest BCUT2D eigenvalue weighted by Gasteiger charge is -2.33. The predicted molar refractivity (Wildman–Crippen MR) is 166 cm³/mol. The maximum atomic E-state index is 14.1. The van der Waals surface area contributed by atoms with Gasteiger partial charge in [0.05, 0.1) is 20.6 Å². The van der Waals surface area contributed by atoms with Crippen LogP contribution < -0.4 is 9.62 Å². The highest BCUT2D eigenvalue weighted by atomic mass is 35.5. The molecule has 11 heteroatoms. The van der Waals surface area contributed by atoms with E-state index in [1.165, 1.54) is 29.2 Å². The second-order valence-corrected chi connectivity index (χ2v) is 13.2. The Morgan fingerprint density at radius 3 is 2.15 bits per heavy atom. The molecule has 0 spiro atoms. The van der Waals surface area contributed by atoms with Crippen molar-refractivity contribution in [1.29, 1.82) is 0 Å². The zero-order chi connectivity index (χ0) is 30.3. The van der Waals surface area contributed by atoms with E-state index in [1.807, 2.05) is 20.8 Å². The van der Waals surface area contributed by atoms with Crippen LogP contribution in [0.2, 0.25) is 15.1 Å². The molecule has 2 amide bonds. The molecule has 220 valence electrons. The summed E-state index contributed by atoms with van der Waals surface area (Å²) in [6.45, 7) is 7.47. The highest BCUT2D eigenvalue weighted by molar-refractivity contribution is 7.92. The molecule has 3 rings (SSSR count). The monoisotopic (exact) mass is 637 g/mol. The summed E-state index contributed by atoms with van der Waals surface area (Å²) in [6.07, 6.45) is 0.311. The van der Waals surface area contributed by atoms with Gasteiger partial charge in [-0.3, -0.25) is 13.9 Å². The first-order chi connectivity index (χ1) is 19.3. The fourth-order valence-corrected chi connectivity index (χ4v) is 6.16. The van der Waals surface area contributed by atoms with Crippen LogP contribution in [0.15, 0.2) is 71.6 Å². The van der Waals surface area contributed by atoms with Crippen LogP contribution in [0.1, 0.15) is 38.3 Å². The summed E-state index contributed by atoms with van der Waals surface area (Å²) in [6, 6.07) is 16.9. The minimum Gasteiger partial charge on any atom is -0.354 e. The van der Waals surface area contributed by atoms with Crippen molar-refractivity contribution in [1.82, 2.24) is 10.2 Å². The van der Waals surface area contributed by atoms with Gasteiger partial charge in [-0.15, -0.1) is 0 Å². The Hall–Kier alpha value is -2.78. The summed E-state index contributed by atoms with van der Waals surface area (Å²) in [5.74, 6) is -0.701. The molecule has 0 aliphatic heterocycles. The Kier molecular flexibility index (Phi) is 11.5. The summed E-state index contributed by atoms with van der Waals surface area (Å²) in [4.78, 5) is 28.8. The van der Waals surface area contributed by atoms with E-state index in [9.17, 15) is 18.0 Å². The van der Waals surface area contributed by atoms with Gasteiger partial charge in [0, 0.05) is 18.1 Å². The van der Waals surface area contributed by atoms with Crippen molar-refractivity contribution in [2.45, 2.75) is 51.6 Å². The van der Waals surface area contributed by atoms with Crippen LogP contribution in [0.3, 0.4) is 0 Å². The molecule has 0 radical (unpaired) electrons. The predicted octanol–water partition coefficient (Wildman–Crippen LogP) is 6.73. The highest BCUT2D eigenvalue weighted by Gasteiger charge is 2.34. The number of nitrogens with one attached hydrogen (secondary N) is 1. The molecule has 0 aromatic heterocycles. The Morgan fingerprint density at radius 2 is 1.56 bits per heavy atom. The molecule has 1 unspecified atom stereocenters. The first-order valence-corrected chi connectivity index (χ1v) is 15.8. The van der Waals surface area contributed by atoms with Crippen LogP contribution in [-0.4, -0.2) is 44.3 Å². The van der Waals surface area contributed by atoms with Crippen molar-refractivity contribution in [2.75, 3.05) is 17.4 Å². The van der Waals surface area contributed by atoms with Crippen molar-refractivity contribution in [3.05, 3.63) is 92.9 Å². The molecule has 0 aliphatic rings. The standard InChI is InChI=1S/C30H34Cl3N3O4S/c1-5-26(30(38)34-17-20(2)3)35(18-22-11-13-23(31)14-12-22)28(37)19-36(27-8-6-7-25(32)29(27)33)41(39,40)24-15-9-21(4)10-16-24/h6-16,20,26H,5,17-19H2,1-4H3,(H,34,38). The van der Waals surface area contributed by atoms with Gasteiger partial charge in [-0.2, -0.15) is 0 Å². The average molecular weight is 639 g/mol. The number of nitrogens with zero attached hydrogens (tertiary/aromatic N) is 2. The van der Waals surface area contributed by atoms with Crippen LogP contribution in [0.4, 0.5) is 5.69 Å². The Labute approximate surface area is 257 Å². The van der Waals surface area contributed by atoms with Gasteiger partial charge in [0.15, 0.2) is 0 Å². The number of aryl methyl sites for hydroxylation is 1. The molecule has 41 heavy (non-hydrogen) atoms. The number of sulfonamides is 1. The number of amides is 2. The SMILES string of the molecule is CCC(C(=O)NCC(C)C)N(Cc1ccc(Cl)cc1)C(=O)CN(c1cccc(Cl)c1Cl)S(=O)(=O)c1ccc(C)cc1. The number of halogens is 3. The van der Waals surface area contributed by atoms with Crippen LogP contribution in [0, 0.1) is 12.8 Å². The average Bonchev–Trinajstić information content (AvgIpc) is 2.93. The fraction of sp³-hybridized carbons (Fsp3) is 0.333. The molecule has 0 aliphatic carbocycles. The van der Waals surface area contributed by atoms with Crippen molar-refractivity contribution in [3.63, 3.8) is 0 Å². The van der Waals surface area contributed by atoms with Gasteiger partial charge in [-0.05, 0) is 61.2 Å². The molecular weight excluding hydrogens is 605 g/mol. The molecule has 1 atom stereocenters. The molecule has 0 fully saturated rings. The summed E-state index contributed by atoms with van der Waals surface area (Å²) in [5, 5.41) is 3.56. The lowest BCUT2D eigenvalue weighted by atomic mass is 10.1. The number of hydrogen-bond donors (Lipinski definition) is 1. The zero-order valence-corrected chi connectivity index (χ0v) is 26.5. The minimum atomic E-state index is -4.27. The van der Waals surface area contributed by atoms with Gasteiger partial charge < -0.3 is 10.2 Å². The Bertz CT molecular complexity index is 1460. The van der Waals surface area contributed by atoms with Gasteiger partial charge in [0.2, 0.25) is 11.8 Å². The minimum absolute atomic E-state index is 0.0105. The van der Waals surface area contributed by atoms with Crippen molar-refractivity contribution in [2.24, 2.45) is 5.92 Å². The first-order valence-electron chi connectivity index (χ1n) is 13.2. The molecule has 3 aromatic carbocycles. The summed E-state index contributed by atoms with van der Waals surface area (Å²) in [5.41, 5.74) is 1.66. The van der Waals surface area contributed by atoms with E-state index in [1.54, 1.807) is 49.4 Å². The number of benzene rings is 3. The molecule has 7 nitrogen and oxygen atoms in total. The highest BCUT2D eigenvalue weighted by Crippen LogP contribution is 2.35. The third-order valence-corrected chi connectivity index (χ3v) is 9.26. The number of hydrogen-bond acceptors (Lipinski definition) is 4. The van der Waals surface area contributed by atoms with Gasteiger partial charge >= 0.3 is 0 Å². The van der Waals surface area contributed by atoms with Crippen LogP contribution >= 0.6 is 34.8 Å². The molecule has 0 heterocycles. The van der Waals surface area contributed by atoms with Crippen molar-refractivity contribution in [3.8, 4) is 0 Å². The van der Waals surface area contributed by atoms with Gasteiger partial charge in [0.1, 0.15) is 12.6 Å². The largest absolute Gasteiger partial charge is 0.354 e. The van der Waals surface area contributed by atoms with Crippen LogP contribution in [0.25, 0.3) is 0 Å². The van der Waals surface area contributed by atoms with E-state index in [4.69, 9.17) is 34.8 Å². The second kappa shape index (κ2) is 14.4. The van der Waals surface area contributed by atoms with E-state index >= 15 is 0 Å². The third-order valence-electron chi connectivity index (χ3n) is 6.42. The quantitative estimate of drug-likeness (QED) is 0.238. The van der Waals surface area contributed by atoms with E-state index in [-0.39, 0.29) is 39.0 Å². The Morgan fingerprint density at radius 1 is 0.927 bits per heavy atom.